The van der Waals surface area contributed by atoms with Crippen LogP contribution < -0.4 is 10.6 Å². The zero-order valence-corrected chi connectivity index (χ0v) is 10.6. The Morgan fingerprint density at radius 2 is 2.12 bits per heavy atom. The van der Waals surface area contributed by atoms with Crippen LogP contribution >= 0.6 is 0 Å². The number of hydrogen-bond acceptors (Lipinski definition) is 3. The first-order valence-corrected chi connectivity index (χ1v) is 6.10. The Morgan fingerprint density at radius 3 is 2.81 bits per heavy atom. The van der Waals surface area contributed by atoms with Crippen LogP contribution in [-0.2, 0) is 0 Å². The van der Waals surface area contributed by atoms with E-state index in [1.54, 1.807) is 0 Å². The van der Waals surface area contributed by atoms with E-state index in [-0.39, 0.29) is 0 Å². The standard InChI is InChI=1S/C13H23N3/c1-11(2)6-4-5-8-15-12-7-9-16-13(10-12)14-3/h7,9-11H,4-6,8H2,1-3H3,(H2,14,15,16). The van der Waals surface area contributed by atoms with Crippen molar-refractivity contribution in [3.05, 3.63) is 18.3 Å². The van der Waals surface area contributed by atoms with Crippen LogP contribution in [0.1, 0.15) is 33.1 Å². The van der Waals surface area contributed by atoms with Gasteiger partial charge in [-0.05, 0) is 18.4 Å². The fourth-order valence-corrected chi connectivity index (χ4v) is 1.59. The number of aromatic nitrogens is 1. The Labute approximate surface area is 98.7 Å². The van der Waals surface area contributed by atoms with Gasteiger partial charge in [-0.15, -0.1) is 0 Å². The van der Waals surface area contributed by atoms with Crippen molar-refractivity contribution in [1.82, 2.24) is 4.98 Å². The van der Waals surface area contributed by atoms with E-state index >= 15 is 0 Å². The predicted octanol–water partition coefficient (Wildman–Crippen LogP) is 3.36. The van der Waals surface area contributed by atoms with Crippen LogP contribution in [0.15, 0.2) is 18.3 Å². The highest BCUT2D eigenvalue weighted by Gasteiger charge is 1.96. The third kappa shape index (κ3) is 5.01. The lowest BCUT2D eigenvalue weighted by Crippen LogP contribution is -2.03. The molecule has 0 aliphatic heterocycles. The highest BCUT2D eigenvalue weighted by atomic mass is 15.0. The topological polar surface area (TPSA) is 37.0 Å². The van der Waals surface area contributed by atoms with Crippen molar-refractivity contribution < 1.29 is 0 Å². The average Bonchev–Trinajstić information content (AvgIpc) is 2.28. The summed E-state index contributed by atoms with van der Waals surface area (Å²) in [7, 11) is 1.88. The molecule has 0 unspecified atom stereocenters. The number of pyridine rings is 1. The van der Waals surface area contributed by atoms with Crippen LogP contribution in [0.4, 0.5) is 11.5 Å². The molecule has 16 heavy (non-hydrogen) atoms. The maximum absolute atomic E-state index is 4.17. The van der Waals surface area contributed by atoms with Gasteiger partial charge in [-0.3, -0.25) is 0 Å². The van der Waals surface area contributed by atoms with E-state index in [1.807, 2.05) is 25.4 Å². The predicted molar refractivity (Wildman–Crippen MR) is 71.0 cm³/mol. The van der Waals surface area contributed by atoms with Crippen molar-refractivity contribution in [3.8, 4) is 0 Å². The van der Waals surface area contributed by atoms with Gasteiger partial charge in [0, 0.05) is 31.5 Å². The van der Waals surface area contributed by atoms with Gasteiger partial charge < -0.3 is 10.6 Å². The number of nitrogens with one attached hydrogen (secondary N) is 2. The molecular weight excluding hydrogens is 198 g/mol. The Morgan fingerprint density at radius 1 is 1.31 bits per heavy atom. The second-order valence-electron chi connectivity index (χ2n) is 4.50. The molecule has 1 aromatic rings. The molecule has 0 amide bonds. The molecule has 0 aromatic carbocycles. The Bertz CT molecular complexity index is 297. The van der Waals surface area contributed by atoms with Crippen molar-refractivity contribution in [1.29, 1.82) is 0 Å². The first-order chi connectivity index (χ1) is 7.72. The molecule has 1 heterocycles. The molecule has 1 aromatic heterocycles. The first kappa shape index (κ1) is 12.8. The summed E-state index contributed by atoms with van der Waals surface area (Å²) < 4.78 is 0. The second-order valence-corrected chi connectivity index (χ2v) is 4.50. The molecule has 0 aliphatic rings. The van der Waals surface area contributed by atoms with Crippen molar-refractivity contribution >= 4 is 11.5 Å². The Kier molecular flexibility index (Phi) is 5.68. The smallest absolute Gasteiger partial charge is 0.127 e. The van der Waals surface area contributed by atoms with E-state index in [1.165, 1.54) is 19.3 Å². The maximum Gasteiger partial charge on any atom is 0.127 e. The summed E-state index contributed by atoms with van der Waals surface area (Å²) in [6.07, 6.45) is 5.67. The molecule has 90 valence electrons. The normalized spacial score (nSPS) is 10.5. The molecular formula is C13H23N3. The molecule has 2 N–H and O–H groups in total. The summed E-state index contributed by atoms with van der Waals surface area (Å²) in [4.78, 5) is 4.17. The van der Waals surface area contributed by atoms with Gasteiger partial charge >= 0.3 is 0 Å². The molecule has 3 nitrogen and oxygen atoms in total. The molecule has 0 fully saturated rings. The Hall–Kier alpha value is -1.25. The fraction of sp³-hybridized carbons (Fsp3) is 0.615. The number of nitrogens with zero attached hydrogens (tertiary/aromatic N) is 1. The van der Waals surface area contributed by atoms with E-state index in [0.29, 0.717) is 0 Å². The van der Waals surface area contributed by atoms with Gasteiger partial charge in [0.1, 0.15) is 5.82 Å². The zero-order chi connectivity index (χ0) is 11.8. The zero-order valence-electron chi connectivity index (χ0n) is 10.6. The average molecular weight is 221 g/mol. The minimum absolute atomic E-state index is 0.816. The number of rotatable bonds is 7. The van der Waals surface area contributed by atoms with E-state index in [4.69, 9.17) is 0 Å². The number of hydrogen-bond donors (Lipinski definition) is 2. The lowest BCUT2D eigenvalue weighted by Gasteiger charge is -2.08. The number of unbranched alkanes of at least 4 members (excludes halogenated alkanes) is 1. The molecule has 0 aliphatic carbocycles. The monoisotopic (exact) mass is 221 g/mol. The van der Waals surface area contributed by atoms with Crippen LogP contribution in [0.25, 0.3) is 0 Å². The van der Waals surface area contributed by atoms with Crippen LogP contribution in [0.2, 0.25) is 0 Å². The second kappa shape index (κ2) is 7.09. The molecule has 0 saturated carbocycles. The Balaban J connectivity index is 2.21. The van der Waals surface area contributed by atoms with Gasteiger partial charge in [-0.1, -0.05) is 26.7 Å². The van der Waals surface area contributed by atoms with Crippen molar-refractivity contribution in [2.75, 3.05) is 24.2 Å². The van der Waals surface area contributed by atoms with Gasteiger partial charge in [-0.2, -0.15) is 0 Å². The molecule has 0 spiro atoms. The van der Waals surface area contributed by atoms with E-state index in [0.717, 1.165) is 24.0 Å². The van der Waals surface area contributed by atoms with Crippen LogP contribution in [0.5, 0.6) is 0 Å². The van der Waals surface area contributed by atoms with Crippen molar-refractivity contribution in [3.63, 3.8) is 0 Å². The molecule has 0 saturated heterocycles. The van der Waals surface area contributed by atoms with E-state index in [2.05, 4.69) is 29.5 Å². The largest absolute Gasteiger partial charge is 0.385 e. The highest BCUT2D eigenvalue weighted by Crippen LogP contribution is 2.12. The SMILES string of the molecule is CNc1cc(NCCCCC(C)C)ccn1. The van der Waals surface area contributed by atoms with Gasteiger partial charge in [0.05, 0.1) is 0 Å². The minimum Gasteiger partial charge on any atom is -0.385 e. The quantitative estimate of drug-likeness (QED) is 0.693. The molecule has 1 rings (SSSR count). The van der Waals surface area contributed by atoms with Crippen molar-refractivity contribution in [2.24, 2.45) is 5.92 Å². The summed E-state index contributed by atoms with van der Waals surface area (Å²) in [5.74, 6) is 1.73. The third-order valence-corrected chi connectivity index (χ3v) is 2.55. The van der Waals surface area contributed by atoms with Gasteiger partial charge in [-0.25, -0.2) is 4.98 Å². The molecule has 0 atom stereocenters. The van der Waals surface area contributed by atoms with Gasteiger partial charge in [0.2, 0.25) is 0 Å². The third-order valence-electron chi connectivity index (χ3n) is 2.55. The highest BCUT2D eigenvalue weighted by molar-refractivity contribution is 5.51. The summed E-state index contributed by atoms with van der Waals surface area (Å²) in [6.45, 7) is 5.59. The van der Waals surface area contributed by atoms with Gasteiger partial charge in [0.25, 0.3) is 0 Å². The lowest BCUT2D eigenvalue weighted by molar-refractivity contribution is 0.545. The molecule has 0 radical (unpaired) electrons. The number of anilines is 2. The molecule has 0 bridgehead atoms. The van der Waals surface area contributed by atoms with E-state index in [9.17, 15) is 0 Å². The maximum atomic E-state index is 4.17. The van der Waals surface area contributed by atoms with Gasteiger partial charge in [0.15, 0.2) is 0 Å². The van der Waals surface area contributed by atoms with E-state index < -0.39 is 0 Å². The molecule has 3 heteroatoms. The summed E-state index contributed by atoms with van der Waals surface area (Å²) in [6, 6.07) is 4.03. The fourth-order valence-electron chi connectivity index (χ4n) is 1.59. The summed E-state index contributed by atoms with van der Waals surface area (Å²) in [5, 5.41) is 6.45. The van der Waals surface area contributed by atoms with Crippen LogP contribution in [0, 0.1) is 5.92 Å². The van der Waals surface area contributed by atoms with Crippen LogP contribution in [0.3, 0.4) is 0 Å². The summed E-state index contributed by atoms with van der Waals surface area (Å²) in [5.41, 5.74) is 1.14. The van der Waals surface area contributed by atoms with Crippen molar-refractivity contribution in [2.45, 2.75) is 33.1 Å². The van der Waals surface area contributed by atoms with Crippen LogP contribution in [-0.4, -0.2) is 18.6 Å². The summed E-state index contributed by atoms with van der Waals surface area (Å²) >= 11 is 0. The minimum atomic E-state index is 0.816. The first-order valence-electron chi connectivity index (χ1n) is 6.10. The lowest BCUT2D eigenvalue weighted by atomic mass is 10.1.